The molecule has 0 radical (unpaired) electrons. The highest BCUT2D eigenvalue weighted by atomic mass is 32.2. The van der Waals surface area contributed by atoms with Crippen LogP contribution in [0.5, 0.6) is 17.2 Å². The van der Waals surface area contributed by atoms with E-state index in [9.17, 15) is 18.0 Å². The summed E-state index contributed by atoms with van der Waals surface area (Å²) in [6, 6.07) is 26.4. The first-order valence-corrected chi connectivity index (χ1v) is 14.2. The van der Waals surface area contributed by atoms with Gasteiger partial charge in [0, 0.05) is 16.8 Å². The van der Waals surface area contributed by atoms with E-state index in [-0.39, 0.29) is 23.6 Å². The van der Waals surface area contributed by atoms with Gasteiger partial charge in [0.05, 0.1) is 7.11 Å². The van der Waals surface area contributed by atoms with Crippen molar-refractivity contribution in [1.29, 1.82) is 0 Å². The molecule has 42 heavy (non-hydrogen) atoms. The Labute approximate surface area is 246 Å². The minimum absolute atomic E-state index is 0. The molecule has 0 bridgehead atoms. The summed E-state index contributed by atoms with van der Waals surface area (Å²) in [4.78, 5) is 25.1. The van der Waals surface area contributed by atoms with Gasteiger partial charge in [0.2, 0.25) is 0 Å². The molecule has 3 amide bonds. The van der Waals surface area contributed by atoms with Crippen molar-refractivity contribution in [3.05, 3.63) is 103 Å². The number of para-hydroxylation sites is 1. The Morgan fingerprint density at radius 3 is 2.10 bits per heavy atom. The second-order valence-corrected chi connectivity index (χ2v) is 11.8. The number of benzene rings is 4. The predicted molar refractivity (Wildman–Crippen MR) is 165 cm³/mol. The summed E-state index contributed by atoms with van der Waals surface area (Å²) in [5.41, 5.74) is 1.65. The standard InChI is InChI=1S/C31H31N3O6S.CH4/c1-31(2,3)33-30(36)34-41(37,38)28-20-23(29(35)32-24-10-6-5-7-11-24)15-18-27(28)40-26-12-8-9-22(19-26)21-13-16-25(39-4)17-14-21;/h5-20H,1-4H3,(H,32,35)(H2,33,34,36);1H4. The summed E-state index contributed by atoms with van der Waals surface area (Å²) in [7, 11) is -2.87. The normalized spacial score (nSPS) is 11.0. The van der Waals surface area contributed by atoms with Crippen LogP contribution in [0.15, 0.2) is 102 Å². The zero-order chi connectivity index (χ0) is 29.6. The third kappa shape index (κ3) is 8.34. The van der Waals surface area contributed by atoms with E-state index in [1.807, 2.05) is 41.1 Å². The van der Waals surface area contributed by atoms with Crippen LogP contribution in [0.3, 0.4) is 0 Å². The fourth-order valence-electron chi connectivity index (χ4n) is 3.86. The van der Waals surface area contributed by atoms with Gasteiger partial charge in [0.25, 0.3) is 15.9 Å². The summed E-state index contributed by atoms with van der Waals surface area (Å²) in [6.07, 6.45) is 0. The van der Waals surface area contributed by atoms with Gasteiger partial charge in [-0.1, -0.05) is 49.9 Å². The van der Waals surface area contributed by atoms with Gasteiger partial charge < -0.3 is 20.1 Å². The average Bonchev–Trinajstić information content (AvgIpc) is 2.92. The fourth-order valence-corrected chi connectivity index (χ4v) is 4.92. The number of ether oxygens (including phenoxy) is 2. The highest BCUT2D eigenvalue weighted by Crippen LogP contribution is 2.33. The number of nitrogens with one attached hydrogen (secondary N) is 3. The van der Waals surface area contributed by atoms with E-state index in [1.165, 1.54) is 18.2 Å². The van der Waals surface area contributed by atoms with Crippen LogP contribution in [-0.2, 0) is 10.0 Å². The van der Waals surface area contributed by atoms with Crippen LogP contribution in [0.25, 0.3) is 11.1 Å². The molecule has 10 heteroatoms. The Hall–Kier alpha value is -4.83. The number of sulfonamides is 1. The van der Waals surface area contributed by atoms with Crippen molar-refractivity contribution in [2.45, 2.75) is 38.6 Å². The van der Waals surface area contributed by atoms with Crippen molar-refractivity contribution in [3.63, 3.8) is 0 Å². The van der Waals surface area contributed by atoms with Crippen molar-refractivity contribution in [3.8, 4) is 28.4 Å². The lowest BCUT2D eigenvalue weighted by Gasteiger charge is -2.21. The maximum absolute atomic E-state index is 13.4. The van der Waals surface area contributed by atoms with Crippen molar-refractivity contribution in [2.75, 3.05) is 12.4 Å². The first-order valence-electron chi connectivity index (χ1n) is 12.7. The molecule has 0 aliphatic rings. The molecule has 0 unspecified atom stereocenters. The Balaban J connectivity index is 0.00000484. The second kappa shape index (κ2) is 13.2. The highest BCUT2D eigenvalue weighted by molar-refractivity contribution is 7.90. The molecule has 4 aromatic carbocycles. The van der Waals surface area contributed by atoms with Gasteiger partial charge in [-0.25, -0.2) is 17.9 Å². The van der Waals surface area contributed by atoms with Crippen molar-refractivity contribution in [2.24, 2.45) is 0 Å². The molecule has 0 fully saturated rings. The summed E-state index contributed by atoms with van der Waals surface area (Å²) in [6.45, 7) is 5.16. The van der Waals surface area contributed by atoms with Crippen molar-refractivity contribution in [1.82, 2.24) is 10.0 Å². The molecule has 4 rings (SSSR count). The van der Waals surface area contributed by atoms with Crippen molar-refractivity contribution >= 4 is 27.6 Å². The van der Waals surface area contributed by atoms with Gasteiger partial charge in [-0.2, -0.15) is 0 Å². The molecule has 0 saturated carbocycles. The van der Waals surface area contributed by atoms with Gasteiger partial charge in [-0.05, 0) is 86.5 Å². The van der Waals surface area contributed by atoms with Crippen LogP contribution >= 0.6 is 0 Å². The molecular weight excluding hydrogens is 554 g/mol. The molecule has 220 valence electrons. The Bertz CT molecular complexity index is 1650. The minimum Gasteiger partial charge on any atom is -0.497 e. The molecule has 0 atom stereocenters. The maximum atomic E-state index is 13.4. The smallest absolute Gasteiger partial charge is 0.329 e. The highest BCUT2D eigenvalue weighted by Gasteiger charge is 2.26. The number of hydrogen-bond donors (Lipinski definition) is 3. The predicted octanol–water partition coefficient (Wildman–Crippen LogP) is 6.83. The zero-order valence-electron chi connectivity index (χ0n) is 23.1. The average molecular weight is 590 g/mol. The van der Waals surface area contributed by atoms with E-state index in [0.29, 0.717) is 11.4 Å². The molecule has 0 saturated heterocycles. The molecule has 3 N–H and O–H groups in total. The number of carbonyl (C=O) groups is 2. The molecule has 0 aliphatic carbocycles. The molecule has 0 aromatic heterocycles. The zero-order valence-corrected chi connectivity index (χ0v) is 23.9. The van der Waals surface area contributed by atoms with E-state index in [4.69, 9.17) is 9.47 Å². The lowest BCUT2D eigenvalue weighted by Crippen LogP contribution is -2.48. The Morgan fingerprint density at radius 2 is 1.45 bits per heavy atom. The quantitative estimate of drug-likeness (QED) is 0.207. The first kappa shape index (κ1) is 31.7. The minimum atomic E-state index is -4.46. The lowest BCUT2D eigenvalue weighted by atomic mass is 10.1. The third-order valence-electron chi connectivity index (χ3n) is 5.73. The van der Waals surface area contributed by atoms with E-state index in [1.54, 1.807) is 70.3 Å². The number of hydrogen-bond acceptors (Lipinski definition) is 6. The summed E-state index contributed by atoms with van der Waals surface area (Å²) in [5.74, 6) is 0.481. The van der Waals surface area contributed by atoms with Crippen LogP contribution < -0.4 is 24.8 Å². The summed E-state index contributed by atoms with van der Waals surface area (Å²) in [5, 5.41) is 5.29. The number of anilines is 1. The molecule has 0 aliphatic heterocycles. The monoisotopic (exact) mass is 589 g/mol. The van der Waals surface area contributed by atoms with Gasteiger partial charge in [-0.15, -0.1) is 0 Å². The maximum Gasteiger partial charge on any atom is 0.329 e. The molecule has 0 heterocycles. The number of amides is 3. The van der Waals surface area contributed by atoms with Crippen LogP contribution in [-0.4, -0.2) is 33.0 Å². The van der Waals surface area contributed by atoms with Crippen LogP contribution in [0.2, 0.25) is 0 Å². The number of urea groups is 1. The van der Waals surface area contributed by atoms with Gasteiger partial charge in [0.1, 0.15) is 22.1 Å². The third-order valence-corrected chi connectivity index (χ3v) is 7.08. The second-order valence-electron chi connectivity index (χ2n) is 10.1. The number of methoxy groups -OCH3 is 1. The SMILES string of the molecule is C.COc1ccc(-c2cccc(Oc3ccc(C(=O)Nc4ccccc4)cc3S(=O)(=O)NC(=O)NC(C)(C)C)c2)cc1. The van der Waals surface area contributed by atoms with Gasteiger partial charge >= 0.3 is 6.03 Å². The summed E-state index contributed by atoms with van der Waals surface area (Å²) < 4.78 is 40.1. The van der Waals surface area contributed by atoms with Crippen LogP contribution in [0.1, 0.15) is 38.6 Å². The van der Waals surface area contributed by atoms with E-state index < -0.39 is 27.5 Å². The lowest BCUT2D eigenvalue weighted by molar-refractivity contribution is 0.102. The van der Waals surface area contributed by atoms with E-state index in [2.05, 4.69) is 10.6 Å². The summed E-state index contributed by atoms with van der Waals surface area (Å²) >= 11 is 0. The Morgan fingerprint density at radius 1 is 0.762 bits per heavy atom. The number of rotatable bonds is 8. The van der Waals surface area contributed by atoms with Gasteiger partial charge in [-0.3, -0.25) is 4.79 Å². The fraction of sp³-hybridized carbons (Fsp3) is 0.188. The molecule has 9 nitrogen and oxygen atoms in total. The van der Waals surface area contributed by atoms with Crippen LogP contribution in [0.4, 0.5) is 10.5 Å². The first-order chi connectivity index (χ1) is 19.4. The van der Waals surface area contributed by atoms with Crippen LogP contribution in [0, 0.1) is 0 Å². The van der Waals surface area contributed by atoms with E-state index in [0.717, 1.165) is 16.9 Å². The molecular formula is C32H35N3O6S. The van der Waals surface area contributed by atoms with Crippen molar-refractivity contribution < 1.29 is 27.5 Å². The number of carbonyl (C=O) groups excluding carboxylic acids is 2. The Kier molecular flexibility index (Phi) is 9.98. The van der Waals surface area contributed by atoms with Gasteiger partial charge in [0.15, 0.2) is 0 Å². The molecule has 0 spiro atoms. The topological polar surface area (TPSA) is 123 Å². The molecule has 4 aromatic rings. The largest absolute Gasteiger partial charge is 0.497 e. The van der Waals surface area contributed by atoms with E-state index >= 15 is 0 Å².